The third-order valence-corrected chi connectivity index (χ3v) is 2.47. The molecule has 16 heavy (non-hydrogen) atoms. The third kappa shape index (κ3) is 1.93. The minimum absolute atomic E-state index is 0.0985. The van der Waals surface area contributed by atoms with E-state index in [1.54, 1.807) is 0 Å². The van der Waals surface area contributed by atoms with Gasteiger partial charge >= 0.3 is 0 Å². The Balaban J connectivity index is 2.37. The summed E-state index contributed by atoms with van der Waals surface area (Å²) in [6.07, 6.45) is 0.303. The fraction of sp³-hybridized carbons (Fsp3) is 0.273. The number of nitrogens with zero attached hydrogens (tertiary/aromatic N) is 1. The Morgan fingerprint density at radius 3 is 2.75 bits per heavy atom. The largest absolute Gasteiger partial charge is 0.273 e. The molecule has 0 spiro atoms. The highest BCUT2D eigenvalue weighted by Crippen LogP contribution is 2.18. The standard InChI is InChI=1S/C11H10F2N2O/c1-6-4-10(16)14-15-11(6)7-2-3-8(12)9(13)5-7/h2-3,5-6H,4H2,1H3,(H,14,16)/t6-/m0/s1. The summed E-state index contributed by atoms with van der Waals surface area (Å²) >= 11 is 0. The molecule has 0 bridgehead atoms. The van der Waals surface area contributed by atoms with Crippen LogP contribution in [0.1, 0.15) is 18.9 Å². The van der Waals surface area contributed by atoms with Crippen LogP contribution in [0.4, 0.5) is 8.78 Å². The predicted molar refractivity (Wildman–Crippen MR) is 54.8 cm³/mol. The second kappa shape index (κ2) is 4.00. The summed E-state index contributed by atoms with van der Waals surface area (Å²) in [6.45, 7) is 1.82. The molecule has 0 saturated carbocycles. The van der Waals surface area contributed by atoms with E-state index in [9.17, 15) is 13.6 Å². The minimum atomic E-state index is -0.913. The maximum Gasteiger partial charge on any atom is 0.240 e. The Kier molecular flexibility index (Phi) is 2.68. The summed E-state index contributed by atoms with van der Waals surface area (Å²) in [5.41, 5.74) is 3.39. The van der Waals surface area contributed by atoms with Crippen LogP contribution in [0, 0.1) is 17.6 Å². The molecule has 1 N–H and O–H groups in total. The number of benzene rings is 1. The predicted octanol–water partition coefficient (Wildman–Crippen LogP) is 1.82. The van der Waals surface area contributed by atoms with Gasteiger partial charge in [-0.15, -0.1) is 0 Å². The molecule has 1 aliphatic heterocycles. The van der Waals surface area contributed by atoms with Crippen LogP contribution in [-0.2, 0) is 4.79 Å². The molecule has 0 radical (unpaired) electrons. The van der Waals surface area contributed by atoms with Crippen molar-refractivity contribution in [3.05, 3.63) is 35.4 Å². The number of amides is 1. The molecule has 0 saturated heterocycles. The molecule has 0 unspecified atom stereocenters. The van der Waals surface area contributed by atoms with Crippen molar-refractivity contribution >= 4 is 11.6 Å². The first kappa shape index (κ1) is 10.7. The highest BCUT2D eigenvalue weighted by Gasteiger charge is 2.22. The maximum absolute atomic E-state index is 13.0. The van der Waals surface area contributed by atoms with Crippen molar-refractivity contribution in [1.82, 2.24) is 5.43 Å². The molecule has 0 fully saturated rings. The molecule has 1 atom stereocenters. The molecule has 1 aliphatic rings. The van der Waals surface area contributed by atoms with Crippen LogP contribution in [0.3, 0.4) is 0 Å². The Bertz CT molecular complexity index is 471. The summed E-state index contributed by atoms with van der Waals surface area (Å²) in [5, 5.41) is 3.86. The molecule has 5 heteroatoms. The first-order valence-corrected chi connectivity index (χ1v) is 4.90. The van der Waals surface area contributed by atoms with Crippen molar-refractivity contribution in [2.45, 2.75) is 13.3 Å². The van der Waals surface area contributed by atoms with Crippen molar-refractivity contribution in [2.75, 3.05) is 0 Å². The van der Waals surface area contributed by atoms with Gasteiger partial charge in [0.25, 0.3) is 0 Å². The van der Waals surface area contributed by atoms with E-state index in [4.69, 9.17) is 0 Å². The van der Waals surface area contributed by atoms with Gasteiger partial charge in [-0.2, -0.15) is 5.10 Å². The van der Waals surface area contributed by atoms with Crippen LogP contribution in [0.15, 0.2) is 23.3 Å². The van der Waals surface area contributed by atoms with Gasteiger partial charge in [-0.1, -0.05) is 6.92 Å². The highest BCUT2D eigenvalue weighted by atomic mass is 19.2. The second-order valence-electron chi connectivity index (χ2n) is 3.77. The molecule has 84 valence electrons. The van der Waals surface area contributed by atoms with Gasteiger partial charge in [-0.25, -0.2) is 14.2 Å². The Hall–Kier alpha value is -1.78. The van der Waals surface area contributed by atoms with Gasteiger partial charge < -0.3 is 0 Å². The van der Waals surface area contributed by atoms with Gasteiger partial charge in [0, 0.05) is 17.9 Å². The zero-order chi connectivity index (χ0) is 11.7. The monoisotopic (exact) mass is 224 g/mol. The lowest BCUT2D eigenvalue weighted by molar-refractivity contribution is -0.121. The fourth-order valence-electron chi connectivity index (χ4n) is 1.66. The Labute approximate surface area is 91.2 Å². The molecule has 2 rings (SSSR count). The lowest BCUT2D eigenvalue weighted by Crippen LogP contribution is -2.32. The van der Waals surface area contributed by atoms with E-state index in [1.165, 1.54) is 6.07 Å². The van der Waals surface area contributed by atoms with Crippen molar-refractivity contribution in [3.63, 3.8) is 0 Å². The van der Waals surface area contributed by atoms with Crippen LogP contribution in [-0.4, -0.2) is 11.6 Å². The summed E-state index contributed by atoms with van der Waals surface area (Å²) < 4.78 is 25.8. The van der Waals surface area contributed by atoms with E-state index in [2.05, 4.69) is 10.5 Å². The number of carbonyl (C=O) groups is 1. The van der Waals surface area contributed by atoms with Gasteiger partial charge in [-0.05, 0) is 18.2 Å². The lowest BCUT2D eigenvalue weighted by atomic mass is 9.94. The average Bonchev–Trinajstić information content (AvgIpc) is 2.22. The van der Waals surface area contributed by atoms with Crippen molar-refractivity contribution < 1.29 is 13.6 Å². The first-order chi connectivity index (χ1) is 7.58. The smallest absolute Gasteiger partial charge is 0.240 e. The molecule has 1 aromatic rings. The zero-order valence-corrected chi connectivity index (χ0v) is 8.63. The Morgan fingerprint density at radius 2 is 2.12 bits per heavy atom. The normalized spacial score (nSPS) is 20.3. The molecule has 1 heterocycles. The molecule has 1 amide bonds. The molecule has 0 aromatic heterocycles. The van der Waals surface area contributed by atoms with Gasteiger partial charge in [0.15, 0.2) is 11.6 Å². The van der Waals surface area contributed by atoms with Crippen molar-refractivity contribution in [3.8, 4) is 0 Å². The van der Waals surface area contributed by atoms with Crippen LogP contribution < -0.4 is 5.43 Å². The number of hydrogen-bond acceptors (Lipinski definition) is 2. The number of halogens is 2. The lowest BCUT2D eigenvalue weighted by Gasteiger charge is -2.19. The molecular formula is C11H10F2N2O. The molecule has 1 aromatic carbocycles. The van der Waals surface area contributed by atoms with E-state index in [0.717, 1.165) is 12.1 Å². The topological polar surface area (TPSA) is 41.5 Å². The van der Waals surface area contributed by atoms with Gasteiger partial charge in [0.05, 0.1) is 5.71 Å². The van der Waals surface area contributed by atoms with Crippen molar-refractivity contribution in [2.24, 2.45) is 11.0 Å². The van der Waals surface area contributed by atoms with E-state index in [0.29, 0.717) is 17.7 Å². The van der Waals surface area contributed by atoms with Crippen molar-refractivity contribution in [1.29, 1.82) is 0 Å². The summed E-state index contributed by atoms with van der Waals surface area (Å²) in [5.74, 6) is -2.07. The summed E-state index contributed by atoms with van der Waals surface area (Å²) in [4.78, 5) is 11.0. The maximum atomic E-state index is 13.0. The number of hydrogen-bond donors (Lipinski definition) is 1. The first-order valence-electron chi connectivity index (χ1n) is 4.90. The molecular weight excluding hydrogens is 214 g/mol. The minimum Gasteiger partial charge on any atom is -0.273 e. The van der Waals surface area contributed by atoms with Crippen LogP contribution in [0.5, 0.6) is 0 Å². The number of nitrogens with one attached hydrogen (secondary N) is 1. The number of carbonyl (C=O) groups excluding carboxylic acids is 1. The average molecular weight is 224 g/mol. The van der Waals surface area contributed by atoms with E-state index < -0.39 is 11.6 Å². The van der Waals surface area contributed by atoms with E-state index in [-0.39, 0.29) is 11.8 Å². The third-order valence-electron chi connectivity index (χ3n) is 2.47. The molecule has 3 nitrogen and oxygen atoms in total. The second-order valence-corrected chi connectivity index (χ2v) is 3.77. The molecule has 0 aliphatic carbocycles. The van der Waals surface area contributed by atoms with Crippen LogP contribution >= 0.6 is 0 Å². The highest BCUT2D eigenvalue weighted by molar-refractivity contribution is 6.05. The van der Waals surface area contributed by atoms with Crippen LogP contribution in [0.2, 0.25) is 0 Å². The summed E-state index contributed by atoms with van der Waals surface area (Å²) in [6, 6.07) is 3.59. The van der Waals surface area contributed by atoms with E-state index >= 15 is 0 Å². The van der Waals surface area contributed by atoms with Gasteiger partial charge in [0.2, 0.25) is 5.91 Å². The zero-order valence-electron chi connectivity index (χ0n) is 8.63. The SMILES string of the molecule is C[C@H]1CC(=O)NN=C1c1ccc(F)c(F)c1. The fourth-order valence-corrected chi connectivity index (χ4v) is 1.66. The van der Waals surface area contributed by atoms with Gasteiger partial charge in [-0.3, -0.25) is 4.79 Å². The summed E-state index contributed by atoms with van der Waals surface area (Å²) in [7, 11) is 0. The van der Waals surface area contributed by atoms with Crippen LogP contribution in [0.25, 0.3) is 0 Å². The number of hydrazone groups is 1. The van der Waals surface area contributed by atoms with E-state index in [1.807, 2.05) is 6.92 Å². The number of rotatable bonds is 1. The quantitative estimate of drug-likeness (QED) is 0.776. The Morgan fingerprint density at radius 1 is 1.38 bits per heavy atom. The van der Waals surface area contributed by atoms with Gasteiger partial charge in [0.1, 0.15) is 0 Å².